The Morgan fingerprint density at radius 3 is 2.47 bits per heavy atom. The van der Waals surface area contributed by atoms with Gasteiger partial charge in [0.1, 0.15) is 5.75 Å². The molecule has 0 fully saturated rings. The molecule has 0 heterocycles. The van der Waals surface area contributed by atoms with Crippen LogP contribution in [0.4, 0.5) is 0 Å². The summed E-state index contributed by atoms with van der Waals surface area (Å²) in [6.45, 7) is 3.91. The number of ether oxygens (including phenoxy) is 1. The maximum absolute atomic E-state index is 11.8. The summed E-state index contributed by atoms with van der Waals surface area (Å²) in [7, 11) is 5.16. The number of nitrogens with one attached hydrogen (secondary N) is 1. The van der Waals surface area contributed by atoms with Gasteiger partial charge in [-0.3, -0.25) is 10.1 Å². The summed E-state index contributed by atoms with van der Waals surface area (Å²) in [5.74, 6) is 0.868. The number of amides is 1. The number of benzene rings is 1. The molecule has 106 valence electrons. The molecule has 0 saturated heterocycles. The summed E-state index contributed by atoms with van der Waals surface area (Å²) >= 11 is 3.47. The summed E-state index contributed by atoms with van der Waals surface area (Å²) in [4.78, 5) is 13.4. The van der Waals surface area contributed by atoms with Gasteiger partial charge in [-0.15, -0.1) is 0 Å². The standard InChI is InChI=1S/C14H21BrN2O2/c1-9(16-10(2)14(18)17(3)4)11-6-7-13(19-5)12(15)8-11/h6-10,16H,1-5H3. The molecule has 4 nitrogen and oxygen atoms in total. The molecule has 0 aliphatic heterocycles. The molecule has 0 aromatic heterocycles. The van der Waals surface area contributed by atoms with Crippen LogP contribution < -0.4 is 10.1 Å². The maximum atomic E-state index is 11.8. The van der Waals surface area contributed by atoms with Crippen molar-refractivity contribution in [1.82, 2.24) is 10.2 Å². The first-order valence-electron chi connectivity index (χ1n) is 6.17. The van der Waals surface area contributed by atoms with Crippen LogP contribution in [0, 0.1) is 0 Å². The third kappa shape index (κ3) is 4.21. The van der Waals surface area contributed by atoms with E-state index in [1.807, 2.05) is 32.0 Å². The van der Waals surface area contributed by atoms with Crippen molar-refractivity contribution in [3.8, 4) is 5.75 Å². The van der Waals surface area contributed by atoms with Gasteiger partial charge in [-0.25, -0.2) is 0 Å². The van der Waals surface area contributed by atoms with Crippen LogP contribution >= 0.6 is 15.9 Å². The van der Waals surface area contributed by atoms with E-state index in [1.165, 1.54) is 0 Å². The van der Waals surface area contributed by atoms with E-state index < -0.39 is 0 Å². The highest BCUT2D eigenvalue weighted by molar-refractivity contribution is 9.10. The monoisotopic (exact) mass is 328 g/mol. The molecule has 1 rings (SSSR count). The molecule has 19 heavy (non-hydrogen) atoms. The third-order valence-corrected chi connectivity index (χ3v) is 3.61. The van der Waals surface area contributed by atoms with E-state index in [4.69, 9.17) is 4.74 Å². The Balaban J connectivity index is 2.75. The highest BCUT2D eigenvalue weighted by atomic mass is 79.9. The second kappa shape index (κ2) is 6.91. The minimum atomic E-state index is -0.217. The fourth-order valence-corrected chi connectivity index (χ4v) is 2.44. The van der Waals surface area contributed by atoms with Crippen LogP contribution in [0.1, 0.15) is 25.5 Å². The molecule has 0 aliphatic rings. The lowest BCUT2D eigenvalue weighted by Gasteiger charge is -2.22. The van der Waals surface area contributed by atoms with Crippen molar-refractivity contribution >= 4 is 21.8 Å². The van der Waals surface area contributed by atoms with Crippen LogP contribution in [0.2, 0.25) is 0 Å². The number of likely N-dealkylation sites (N-methyl/N-ethyl adjacent to an activating group) is 1. The van der Waals surface area contributed by atoms with Gasteiger partial charge in [-0.1, -0.05) is 6.07 Å². The summed E-state index contributed by atoms with van der Waals surface area (Å²) in [5.41, 5.74) is 1.10. The molecular weight excluding hydrogens is 308 g/mol. The normalized spacial score (nSPS) is 13.8. The van der Waals surface area contributed by atoms with Gasteiger partial charge in [0.15, 0.2) is 0 Å². The van der Waals surface area contributed by atoms with Gasteiger partial charge in [-0.05, 0) is 47.5 Å². The van der Waals surface area contributed by atoms with Crippen LogP contribution in [0.5, 0.6) is 5.75 Å². The van der Waals surface area contributed by atoms with Crippen molar-refractivity contribution < 1.29 is 9.53 Å². The predicted molar refractivity (Wildman–Crippen MR) is 80.4 cm³/mol. The van der Waals surface area contributed by atoms with Crippen LogP contribution in [-0.4, -0.2) is 38.1 Å². The number of halogens is 1. The lowest BCUT2D eigenvalue weighted by molar-refractivity contribution is -0.130. The van der Waals surface area contributed by atoms with Crippen molar-refractivity contribution in [2.24, 2.45) is 0 Å². The van der Waals surface area contributed by atoms with Gasteiger partial charge < -0.3 is 9.64 Å². The third-order valence-electron chi connectivity index (χ3n) is 2.99. The highest BCUT2D eigenvalue weighted by Gasteiger charge is 2.18. The van der Waals surface area contributed by atoms with Crippen LogP contribution in [0.15, 0.2) is 22.7 Å². The van der Waals surface area contributed by atoms with E-state index in [0.717, 1.165) is 15.8 Å². The number of hydrogen-bond donors (Lipinski definition) is 1. The molecule has 2 unspecified atom stereocenters. The van der Waals surface area contributed by atoms with E-state index >= 15 is 0 Å². The molecule has 1 aromatic rings. The number of rotatable bonds is 5. The Kier molecular flexibility index (Phi) is 5.82. The second-order valence-electron chi connectivity index (χ2n) is 4.74. The van der Waals surface area contributed by atoms with E-state index in [-0.39, 0.29) is 18.0 Å². The first-order valence-corrected chi connectivity index (χ1v) is 6.96. The van der Waals surface area contributed by atoms with Crippen molar-refractivity contribution in [2.75, 3.05) is 21.2 Å². The lowest BCUT2D eigenvalue weighted by Crippen LogP contribution is -2.42. The van der Waals surface area contributed by atoms with Gasteiger partial charge in [-0.2, -0.15) is 0 Å². The lowest BCUT2D eigenvalue weighted by atomic mass is 10.1. The molecule has 2 atom stereocenters. The summed E-state index contributed by atoms with van der Waals surface area (Å²) in [5, 5.41) is 3.29. The van der Waals surface area contributed by atoms with Crippen molar-refractivity contribution in [3.05, 3.63) is 28.2 Å². The Morgan fingerprint density at radius 2 is 2.00 bits per heavy atom. The highest BCUT2D eigenvalue weighted by Crippen LogP contribution is 2.28. The molecule has 1 N–H and O–H groups in total. The van der Waals surface area contributed by atoms with Gasteiger partial charge in [0.05, 0.1) is 17.6 Å². The van der Waals surface area contributed by atoms with Gasteiger partial charge in [0.25, 0.3) is 0 Å². The molecule has 0 bridgehead atoms. The SMILES string of the molecule is COc1ccc(C(C)NC(C)C(=O)N(C)C)cc1Br. The predicted octanol–water partition coefficient (Wildman–Crippen LogP) is 2.59. The number of carbonyl (C=O) groups is 1. The first kappa shape index (κ1) is 16.0. The van der Waals surface area contributed by atoms with Crippen LogP contribution in [0.25, 0.3) is 0 Å². The largest absolute Gasteiger partial charge is 0.496 e. The summed E-state index contributed by atoms with van der Waals surface area (Å²) < 4.78 is 6.11. The Labute approximate surface area is 123 Å². The number of carbonyl (C=O) groups excluding carboxylic acids is 1. The summed E-state index contributed by atoms with van der Waals surface area (Å²) in [6.07, 6.45) is 0. The Bertz CT molecular complexity index is 449. The van der Waals surface area contributed by atoms with E-state index in [0.29, 0.717) is 0 Å². The van der Waals surface area contributed by atoms with Gasteiger partial charge in [0.2, 0.25) is 5.91 Å². The van der Waals surface area contributed by atoms with Gasteiger partial charge in [0, 0.05) is 20.1 Å². The fraction of sp³-hybridized carbons (Fsp3) is 0.500. The Morgan fingerprint density at radius 1 is 1.37 bits per heavy atom. The van der Waals surface area contributed by atoms with E-state index in [2.05, 4.69) is 21.2 Å². The van der Waals surface area contributed by atoms with Crippen molar-refractivity contribution in [2.45, 2.75) is 25.9 Å². The zero-order chi connectivity index (χ0) is 14.6. The molecule has 0 saturated carbocycles. The van der Waals surface area contributed by atoms with Gasteiger partial charge >= 0.3 is 0 Å². The summed E-state index contributed by atoms with van der Waals surface area (Å²) in [6, 6.07) is 5.78. The number of nitrogens with zero attached hydrogens (tertiary/aromatic N) is 1. The van der Waals surface area contributed by atoms with Crippen molar-refractivity contribution in [3.63, 3.8) is 0 Å². The molecule has 0 spiro atoms. The smallest absolute Gasteiger partial charge is 0.238 e. The zero-order valence-corrected chi connectivity index (χ0v) is 13.6. The Hall–Kier alpha value is -1.07. The van der Waals surface area contributed by atoms with Crippen molar-refractivity contribution in [1.29, 1.82) is 0 Å². The molecular formula is C14H21BrN2O2. The number of hydrogen-bond acceptors (Lipinski definition) is 3. The quantitative estimate of drug-likeness (QED) is 0.903. The first-order chi connectivity index (χ1) is 8.86. The minimum absolute atomic E-state index is 0.0689. The second-order valence-corrected chi connectivity index (χ2v) is 5.59. The van der Waals surface area contributed by atoms with Crippen LogP contribution in [0.3, 0.4) is 0 Å². The number of methoxy groups -OCH3 is 1. The fourth-order valence-electron chi connectivity index (χ4n) is 1.88. The molecule has 5 heteroatoms. The average Bonchev–Trinajstić information content (AvgIpc) is 2.37. The molecule has 0 aliphatic carbocycles. The molecule has 1 aromatic carbocycles. The van der Waals surface area contributed by atoms with E-state index in [9.17, 15) is 4.79 Å². The molecule has 0 radical (unpaired) electrons. The maximum Gasteiger partial charge on any atom is 0.238 e. The molecule has 1 amide bonds. The topological polar surface area (TPSA) is 41.6 Å². The zero-order valence-electron chi connectivity index (χ0n) is 12.0. The van der Waals surface area contributed by atoms with Crippen LogP contribution in [-0.2, 0) is 4.79 Å². The van der Waals surface area contributed by atoms with E-state index in [1.54, 1.807) is 26.1 Å². The average molecular weight is 329 g/mol. The minimum Gasteiger partial charge on any atom is -0.496 e.